The molecule has 2 N–H and O–H groups in total. The summed E-state index contributed by atoms with van der Waals surface area (Å²) < 4.78 is 6.43. The van der Waals surface area contributed by atoms with Gasteiger partial charge in [-0.05, 0) is 38.0 Å². The van der Waals surface area contributed by atoms with Crippen LogP contribution in [0.1, 0.15) is 48.8 Å². The van der Waals surface area contributed by atoms with E-state index < -0.39 is 12.0 Å². The van der Waals surface area contributed by atoms with Crippen LogP contribution in [0.2, 0.25) is 0 Å². The number of nitrogens with zero attached hydrogens (tertiary/aromatic N) is 2. The number of hydrogen-bond donors (Lipinski definition) is 2. The first-order valence-corrected chi connectivity index (χ1v) is 8.86. The van der Waals surface area contributed by atoms with Crippen LogP contribution in [-0.2, 0) is 17.7 Å². The van der Waals surface area contributed by atoms with Gasteiger partial charge in [-0.1, -0.05) is 12.8 Å². The van der Waals surface area contributed by atoms with Gasteiger partial charge < -0.3 is 4.74 Å². The fourth-order valence-electron chi connectivity index (χ4n) is 3.08. The number of nitrogens with one attached hydrogen (secondary N) is 2. The molecule has 26 heavy (non-hydrogen) atoms. The maximum absolute atomic E-state index is 12.8. The number of benzene rings is 1. The Kier molecular flexibility index (Phi) is 5.50. The molecule has 0 atom stereocenters. The fraction of sp³-hybridized carbons (Fsp3) is 0.444. The topological polar surface area (TPSA) is 102 Å². The quantitative estimate of drug-likeness (QED) is 0.798. The van der Waals surface area contributed by atoms with Gasteiger partial charge in [0.25, 0.3) is 11.5 Å². The summed E-state index contributed by atoms with van der Waals surface area (Å²) in [5, 5.41) is 0.490. The van der Waals surface area contributed by atoms with Crippen molar-refractivity contribution in [1.82, 2.24) is 20.4 Å². The Labute approximate surface area is 150 Å². The fourth-order valence-corrected chi connectivity index (χ4v) is 3.08. The number of amides is 2. The lowest BCUT2D eigenvalue weighted by Gasteiger charge is -2.16. The highest BCUT2D eigenvalue weighted by Gasteiger charge is 2.15. The van der Waals surface area contributed by atoms with Gasteiger partial charge in [0.1, 0.15) is 5.82 Å². The van der Waals surface area contributed by atoms with Gasteiger partial charge in [-0.25, -0.2) is 15.2 Å². The van der Waals surface area contributed by atoms with E-state index in [1.165, 1.54) is 0 Å². The maximum Gasteiger partial charge on any atom is 0.426 e. The number of aryl methyl sites for hydroxylation is 1. The molecule has 1 aromatic carbocycles. The molecule has 0 spiro atoms. The number of rotatable bonds is 2. The molecule has 3 rings (SSSR count). The van der Waals surface area contributed by atoms with E-state index in [-0.39, 0.29) is 12.2 Å². The average Bonchev–Trinajstić information content (AvgIpc) is 2.61. The predicted molar refractivity (Wildman–Crippen MR) is 95.8 cm³/mol. The van der Waals surface area contributed by atoms with Crippen LogP contribution in [0, 0.1) is 0 Å². The summed E-state index contributed by atoms with van der Waals surface area (Å²) in [6.45, 7) is 2.55. The van der Waals surface area contributed by atoms with E-state index in [4.69, 9.17) is 0 Å². The van der Waals surface area contributed by atoms with Crippen molar-refractivity contribution in [2.45, 2.75) is 45.6 Å². The van der Waals surface area contributed by atoms with Crippen molar-refractivity contribution >= 4 is 22.9 Å². The van der Waals surface area contributed by atoms with E-state index in [2.05, 4.69) is 20.6 Å². The van der Waals surface area contributed by atoms with Gasteiger partial charge in [-0.3, -0.25) is 19.6 Å². The molecule has 0 aliphatic carbocycles. The van der Waals surface area contributed by atoms with Crippen molar-refractivity contribution in [3.8, 4) is 0 Å². The maximum atomic E-state index is 12.8. The Bertz CT molecular complexity index is 891. The van der Waals surface area contributed by atoms with Crippen molar-refractivity contribution in [2.24, 2.45) is 0 Å². The lowest BCUT2D eigenvalue weighted by Crippen LogP contribution is -2.41. The zero-order valence-corrected chi connectivity index (χ0v) is 14.7. The lowest BCUT2D eigenvalue weighted by molar-refractivity contribution is 0.0913. The van der Waals surface area contributed by atoms with E-state index in [1.54, 1.807) is 29.7 Å². The standard InChI is InChI=1S/C18H22N4O4/c1-2-26-18(25)21-20-16(23)12-8-9-13-14(11-12)19-15-7-5-3-4-6-10-22(15)17(13)24/h8-9,11H,2-7,10H2,1H3,(H,20,23)(H,21,25). The van der Waals surface area contributed by atoms with Crippen LogP contribution in [0.25, 0.3) is 10.9 Å². The van der Waals surface area contributed by atoms with Crippen LogP contribution in [0.3, 0.4) is 0 Å². The molecule has 0 saturated carbocycles. The van der Waals surface area contributed by atoms with Gasteiger partial charge in [0.2, 0.25) is 0 Å². The molecule has 1 aliphatic heterocycles. The SMILES string of the molecule is CCOC(=O)NNC(=O)c1ccc2c(=O)n3c(nc2c1)CCCCCC3. The van der Waals surface area contributed by atoms with E-state index in [1.807, 2.05) is 0 Å². The average molecular weight is 358 g/mol. The number of aromatic nitrogens is 2. The normalized spacial score (nSPS) is 14.0. The van der Waals surface area contributed by atoms with Crippen LogP contribution < -0.4 is 16.4 Å². The molecule has 0 bridgehead atoms. The number of fused-ring (bicyclic) bond motifs is 2. The minimum absolute atomic E-state index is 0.0662. The van der Waals surface area contributed by atoms with Crippen LogP contribution in [-0.4, -0.2) is 28.2 Å². The summed E-state index contributed by atoms with van der Waals surface area (Å²) in [5.41, 5.74) is 5.16. The minimum Gasteiger partial charge on any atom is -0.449 e. The highest BCUT2D eigenvalue weighted by Crippen LogP contribution is 2.16. The summed E-state index contributed by atoms with van der Waals surface area (Å²) in [6, 6.07) is 4.72. The second-order valence-electron chi connectivity index (χ2n) is 6.18. The van der Waals surface area contributed by atoms with Crippen LogP contribution in [0.15, 0.2) is 23.0 Å². The highest BCUT2D eigenvalue weighted by molar-refractivity contribution is 5.98. The van der Waals surface area contributed by atoms with Crippen LogP contribution >= 0.6 is 0 Å². The number of ether oxygens (including phenoxy) is 1. The van der Waals surface area contributed by atoms with Crippen LogP contribution in [0.5, 0.6) is 0 Å². The third-order valence-corrected chi connectivity index (χ3v) is 4.38. The predicted octanol–water partition coefficient (Wildman–Crippen LogP) is 1.90. The monoisotopic (exact) mass is 358 g/mol. The summed E-state index contributed by atoms with van der Waals surface area (Å²) >= 11 is 0. The number of hydrazine groups is 1. The van der Waals surface area contributed by atoms with Gasteiger partial charge in [0.05, 0.1) is 17.5 Å². The minimum atomic E-state index is -0.737. The molecule has 2 aromatic rings. The van der Waals surface area contributed by atoms with Gasteiger partial charge in [0, 0.05) is 18.5 Å². The van der Waals surface area contributed by atoms with Gasteiger partial charge in [-0.15, -0.1) is 0 Å². The van der Waals surface area contributed by atoms with E-state index in [0.29, 0.717) is 23.0 Å². The van der Waals surface area contributed by atoms with Crippen molar-refractivity contribution in [3.63, 3.8) is 0 Å². The molecular formula is C18H22N4O4. The van der Waals surface area contributed by atoms with Gasteiger partial charge in [0.15, 0.2) is 0 Å². The Morgan fingerprint density at radius 3 is 2.81 bits per heavy atom. The van der Waals surface area contributed by atoms with E-state index >= 15 is 0 Å². The largest absolute Gasteiger partial charge is 0.449 e. The Balaban J connectivity index is 1.88. The molecule has 8 nitrogen and oxygen atoms in total. The zero-order chi connectivity index (χ0) is 18.5. The van der Waals surface area contributed by atoms with Crippen molar-refractivity contribution in [2.75, 3.05) is 6.61 Å². The molecule has 2 amide bonds. The molecule has 2 heterocycles. The first-order valence-electron chi connectivity index (χ1n) is 8.86. The number of carbonyl (C=O) groups excluding carboxylic acids is 2. The summed E-state index contributed by atoms with van der Waals surface area (Å²) in [6.07, 6.45) is 4.25. The van der Waals surface area contributed by atoms with E-state index in [0.717, 1.165) is 37.9 Å². The third kappa shape index (κ3) is 3.84. The zero-order valence-electron chi connectivity index (χ0n) is 14.7. The molecule has 0 saturated heterocycles. The smallest absolute Gasteiger partial charge is 0.426 e. The molecule has 1 aromatic heterocycles. The van der Waals surface area contributed by atoms with Gasteiger partial charge in [-0.2, -0.15) is 0 Å². The summed E-state index contributed by atoms with van der Waals surface area (Å²) in [5.74, 6) is 0.262. The number of carbonyl (C=O) groups is 2. The Morgan fingerprint density at radius 2 is 2.00 bits per heavy atom. The van der Waals surface area contributed by atoms with Crippen molar-refractivity contribution in [1.29, 1.82) is 0 Å². The van der Waals surface area contributed by atoms with Crippen LogP contribution in [0.4, 0.5) is 4.79 Å². The summed E-state index contributed by atoms with van der Waals surface area (Å²) in [4.78, 5) is 40.8. The highest BCUT2D eigenvalue weighted by atomic mass is 16.5. The lowest BCUT2D eigenvalue weighted by atomic mass is 10.1. The molecule has 138 valence electrons. The van der Waals surface area contributed by atoms with Gasteiger partial charge >= 0.3 is 6.09 Å². The number of hydrogen-bond acceptors (Lipinski definition) is 5. The Morgan fingerprint density at radius 1 is 1.19 bits per heavy atom. The first-order chi connectivity index (χ1) is 12.6. The Hall–Kier alpha value is -2.90. The second kappa shape index (κ2) is 7.99. The third-order valence-electron chi connectivity index (χ3n) is 4.38. The second-order valence-corrected chi connectivity index (χ2v) is 6.18. The molecule has 1 aliphatic rings. The van der Waals surface area contributed by atoms with E-state index in [9.17, 15) is 14.4 Å². The van der Waals surface area contributed by atoms with Crippen molar-refractivity contribution in [3.05, 3.63) is 39.9 Å². The molecular weight excluding hydrogens is 336 g/mol. The molecule has 0 radical (unpaired) electrons. The summed E-state index contributed by atoms with van der Waals surface area (Å²) in [7, 11) is 0. The molecule has 8 heteroatoms. The first kappa shape index (κ1) is 17.9. The van der Waals surface area contributed by atoms with Crippen molar-refractivity contribution < 1.29 is 14.3 Å². The molecule has 0 unspecified atom stereocenters. The molecule has 0 fully saturated rings.